The molecule has 2 aliphatic rings. The predicted octanol–water partition coefficient (Wildman–Crippen LogP) is 11.3. The van der Waals surface area contributed by atoms with Gasteiger partial charge in [-0.2, -0.15) is 10.5 Å². The van der Waals surface area contributed by atoms with E-state index < -0.39 is 22.3 Å². The molecule has 16 heteroatoms. The lowest BCUT2D eigenvalue weighted by Crippen LogP contribution is -2.46. The van der Waals surface area contributed by atoms with Crippen LogP contribution in [0.15, 0.2) is 97.6 Å². The summed E-state index contributed by atoms with van der Waals surface area (Å²) < 4.78 is 36.9. The Morgan fingerprint density at radius 1 is 0.554 bits per heavy atom. The Morgan fingerprint density at radius 3 is 1.31 bits per heavy atom. The lowest BCUT2D eigenvalue weighted by Gasteiger charge is -2.24. The molecule has 2 atom stereocenters. The maximum Gasteiger partial charge on any atom is 0.326 e. The van der Waals surface area contributed by atoms with Gasteiger partial charge in [-0.15, -0.1) is 0 Å². The molecule has 4 heterocycles. The first-order chi connectivity index (χ1) is 35.2. The average Bonchev–Trinajstić information content (AvgIpc) is 3.72. The number of benzene rings is 4. The molecule has 382 valence electrons. The van der Waals surface area contributed by atoms with Crippen molar-refractivity contribution in [1.82, 2.24) is 20.6 Å². The Bertz CT molecular complexity index is 3010. The van der Waals surface area contributed by atoms with Crippen LogP contribution >= 0.6 is 23.2 Å². The first-order valence-electron chi connectivity index (χ1n) is 24.2. The second-order valence-corrected chi connectivity index (χ2v) is 21.3. The van der Waals surface area contributed by atoms with E-state index in [-0.39, 0.29) is 51.5 Å². The zero-order valence-corrected chi connectivity index (χ0v) is 44.2. The molecule has 4 aromatic carbocycles. The van der Waals surface area contributed by atoms with Crippen molar-refractivity contribution in [3.63, 3.8) is 0 Å². The number of hydrogen-bond donors (Lipinski definition) is 2. The number of nitriles is 2. The molecule has 2 aromatic heterocycles. The summed E-state index contributed by atoms with van der Waals surface area (Å²) in [5.41, 5.74) is 6.53. The van der Waals surface area contributed by atoms with Gasteiger partial charge in [-0.25, -0.2) is 0 Å². The number of pyridine rings is 2. The van der Waals surface area contributed by atoms with Crippen LogP contribution in [-0.4, -0.2) is 44.2 Å². The Hall–Kier alpha value is -7.20. The molecule has 0 saturated carbocycles. The minimum absolute atomic E-state index is 0.122. The number of esters is 2. The second kappa shape index (κ2) is 21.7. The van der Waals surface area contributed by atoms with Gasteiger partial charge in [-0.05, 0) is 113 Å². The first kappa shape index (κ1) is 53.1. The monoisotopic (exact) mass is 1040 g/mol. The lowest BCUT2D eigenvalue weighted by atomic mass is 9.91. The van der Waals surface area contributed by atoms with E-state index in [9.17, 15) is 20.1 Å². The van der Waals surface area contributed by atoms with Crippen molar-refractivity contribution in [2.75, 3.05) is 0 Å². The van der Waals surface area contributed by atoms with Crippen LogP contribution in [0.5, 0.6) is 23.0 Å². The lowest BCUT2D eigenvalue weighted by molar-refractivity contribution is -0.150. The van der Waals surface area contributed by atoms with E-state index in [0.717, 1.165) is 33.4 Å². The van der Waals surface area contributed by atoms with Crippen molar-refractivity contribution in [3.05, 3.63) is 163 Å². The third kappa shape index (κ3) is 12.2. The van der Waals surface area contributed by atoms with Gasteiger partial charge in [-0.3, -0.25) is 30.2 Å². The molecule has 0 radical (unpaired) electrons. The number of nitrogens with zero attached hydrogens (tertiary/aromatic N) is 4. The zero-order valence-electron chi connectivity index (χ0n) is 42.7. The van der Waals surface area contributed by atoms with Gasteiger partial charge >= 0.3 is 11.9 Å². The highest BCUT2D eigenvalue weighted by Gasteiger charge is 2.50. The molecule has 14 nitrogen and oxygen atoms in total. The van der Waals surface area contributed by atoms with Crippen LogP contribution in [0.4, 0.5) is 0 Å². The summed E-state index contributed by atoms with van der Waals surface area (Å²) in [7, 11) is 0. The van der Waals surface area contributed by atoms with Crippen molar-refractivity contribution >= 4 is 35.1 Å². The summed E-state index contributed by atoms with van der Waals surface area (Å²) in [5, 5.41) is 26.4. The summed E-state index contributed by atoms with van der Waals surface area (Å²) in [5.74, 6) is 1.12. The number of carbonyl (C=O) groups is 2. The standard InChI is InChI=1S/C58H58Cl2N6O8/c1-35-41(31-71-51-19-49(69-29-39-15-37(21-61)23-63-25-39)43(17-47(51)59)27-65-57(7)33-55(3,4)73-53(57)67)11-9-13-45(35)46-14-10-12-42(36(46)2)32-72-52-20-50(70-30-40-16-38(22-62)24-64-26-40)44(18-48(52)60)28-66-58(8)34-56(5,6)74-54(58)68/h9-20,23-26,65-66H,27-34H2,1-8H3. The fourth-order valence-corrected chi connectivity index (χ4v) is 10.0. The minimum atomic E-state index is -0.918. The van der Waals surface area contributed by atoms with Gasteiger partial charge in [0.1, 0.15) is 83.8 Å². The smallest absolute Gasteiger partial charge is 0.326 e. The van der Waals surface area contributed by atoms with Gasteiger partial charge in [0.05, 0.1) is 21.2 Å². The Labute approximate surface area is 441 Å². The topological polar surface area (TPSA) is 187 Å². The number of carbonyl (C=O) groups excluding carboxylic acids is 2. The van der Waals surface area contributed by atoms with E-state index in [4.69, 9.17) is 51.6 Å². The maximum atomic E-state index is 12.9. The molecule has 8 rings (SSSR count). The van der Waals surface area contributed by atoms with Gasteiger partial charge in [0, 0.05) is 85.1 Å². The number of cyclic esters (lactones) is 2. The van der Waals surface area contributed by atoms with Crippen molar-refractivity contribution in [1.29, 1.82) is 10.5 Å². The van der Waals surface area contributed by atoms with E-state index in [0.29, 0.717) is 79.3 Å². The van der Waals surface area contributed by atoms with Crippen LogP contribution in [0.25, 0.3) is 11.1 Å². The van der Waals surface area contributed by atoms with Gasteiger partial charge in [0.15, 0.2) is 0 Å². The quantitative estimate of drug-likeness (QED) is 0.0730. The number of rotatable bonds is 19. The Kier molecular flexibility index (Phi) is 15.6. The zero-order chi connectivity index (χ0) is 53.0. The highest BCUT2D eigenvalue weighted by molar-refractivity contribution is 6.32. The molecule has 0 bridgehead atoms. The molecule has 2 fully saturated rings. The van der Waals surface area contributed by atoms with E-state index in [1.165, 1.54) is 12.4 Å². The van der Waals surface area contributed by atoms with Gasteiger partial charge in [-0.1, -0.05) is 59.6 Å². The van der Waals surface area contributed by atoms with Crippen LogP contribution in [0, 0.1) is 36.5 Å². The normalized spacial score (nSPS) is 18.5. The van der Waals surface area contributed by atoms with Crippen LogP contribution in [0.1, 0.15) is 110 Å². The third-order valence-electron chi connectivity index (χ3n) is 13.4. The summed E-state index contributed by atoms with van der Waals surface area (Å²) in [6, 6.07) is 26.9. The third-order valence-corrected chi connectivity index (χ3v) is 13.9. The van der Waals surface area contributed by atoms with E-state index in [1.54, 1.807) is 48.8 Å². The van der Waals surface area contributed by atoms with Crippen LogP contribution in [0.2, 0.25) is 10.0 Å². The fourth-order valence-electron chi connectivity index (χ4n) is 9.57. The Balaban J connectivity index is 0.996. The molecular weight excluding hydrogens is 980 g/mol. The van der Waals surface area contributed by atoms with Crippen LogP contribution in [-0.2, 0) is 58.6 Å². The van der Waals surface area contributed by atoms with E-state index in [2.05, 4.69) is 58.7 Å². The molecule has 74 heavy (non-hydrogen) atoms. The summed E-state index contributed by atoms with van der Waals surface area (Å²) >= 11 is 13.9. The molecule has 2 aliphatic heterocycles. The number of halogens is 2. The molecule has 0 spiro atoms. The highest BCUT2D eigenvalue weighted by atomic mass is 35.5. The average molecular weight is 1040 g/mol. The van der Waals surface area contributed by atoms with Crippen molar-refractivity contribution in [2.45, 2.75) is 130 Å². The van der Waals surface area contributed by atoms with Gasteiger partial charge in [0.2, 0.25) is 0 Å². The van der Waals surface area contributed by atoms with Crippen molar-refractivity contribution < 1.29 is 38.0 Å². The molecule has 2 unspecified atom stereocenters. The highest BCUT2D eigenvalue weighted by Crippen LogP contribution is 2.40. The van der Waals surface area contributed by atoms with Gasteiger partial charge < -0.3 is 28.4 Å². The SMILES string of the molecule is Cc1c(COc2cc(OCc3cncc(C#N)c3)c(CNC3(C)CC(C)(C)OC3=O)cc2Cl)cccc1-c1cccc(COc2cc(OCc3cncc(C#N)c3)c(CNC3(C)CC(C)(C)OC3=O)cc2Cl)c1C. The van der Waals surface area contributed by atoms with Crippen molar-refractivity contribution in [2.24, 2.45) is 0 Å². The molecule has 0 amide bonds. The summed E-state index contributed by atoms with van der Waals surface area (Å²) in [6.07, 6.45) is 7.23. The van der Waals surface area contributed by atoms with Crippen LogP contribution < -0.4 is 29.6 Å². The summed E-state index contributed by atoms with van der Waals surface area (Å²) in [4.78, 5) is 34.2. The maximum absolute atomic E-state index is 12.9. The van der Waals surface area contributed by atoms with E-state index >= 15 is 0 Å². The minimum Gasteiger partial charge on any atom is -0.488 e. The predicted molar refractivity (Wildman–Crippen MR) is 280 cm³/mol. The molecular formula is C58H58Cl2N6O8. The first-order valence-corrected chi connectivity index (χ1v) is 24.9. The molecule has 2 N–H and O–H groups in total. The molecule has 6 aromatic rings. The van der Waals surface area contributed by atoms with Gasteiger partial charge in [0.25, 0.3) is 0 Å². The second-order valence-electron chi connectivity index (χ2n) is 20.5. The molecule has 2 saturated heterocycles. The van der Waals surface area contributed by atoms with E-state index in [1.807, 2.05) is 65.8 Å². The van der Waals surface area contributed by atoms with Crippen molar-refractivity contribution in [3.8, 4) is 46.3 Å². The summed E-state index contributed by atoms with van der Waals surface area (Å²) in [6.45, 7) is 16.5. The number of nitrogens with one attached hydrogen (secondary N) is 2. The number of ether oxygens (including phenoxy) is 6. The largest absolute Gasteiger partial charge is 0.488 e. The number of aromatic nitrogens is 2. The Morgan fingerprint density at radius 2 is 0.946 bits per heavy atom. The van der Waals surface area contributed by atoms with Crippen LogP contribution in [0.3, 0.4) is 0 Å². The fraction of sp³-hybridized carbons (Fsp3) is 0.345. The molecule has 0 aliphatic carbocycles. The number of hydrogen-bond acceptors (Lipinski definition) is 14.